The molecule has 6 heteroatoms. The van der Waals surface area contributed by atoms with Crippen LogP contribution in [0.25, 0.3) is 0 Å². The zero-order valence-electron chi connectivity index (χ0n) is 10.2. The van der Waals surface area contributed by atoms with Crippen LogP contribution in [0.5, 0.6) is 5.88 Å². The molecule has 18 heavy (non-hydrogen) atoms. The Hall–Kier alpha value is -1.95. The molecule has 0 aliphatic rings. The predicted octanol–water partition coefficient (Wildman–Crippen LogP) is 2.50. The van der Waals surface area contributed by atoms with Crippen LogP contribution < -0.4 is 15.2 Å². The van der Waals surface area contributed by atoms with Crippen LogP contribution in [0.3, 0.4) is 0 Å². The molecule has 5 nitrogen and oxygen atoms in total. The molecule has 94 valence electrons. The maximum Gasteiger partial charge on any atom is 0.236 e. The molecule has 3 N–H and O–H groups in total. The molecule has 0 spiro atoms. The van der Waals surface area contributed by atoms with Gasteiger partial charge in [-0.2, -0.15) is 4.98 Å². The molecule has 2 aromatic rings. The number of nitrogens with zero attached hydrogens (tertiary/aromatic N) is 2. The van der Waals surface area contributed by atoms with Gasteiger partial charge in [-0.05, 0) is 43.1 Å². The summed E-state index contributed by atoms with van der Waals surface area (Å²) in [7, 11) is 1.58. The second-order valence-electron chi connectivity index (χ2n) is 3.65. The fourth-order valence-corrected chi connectivity index (χ4v) is 1.90. The number of ether oxygens (including phenoxy) is 1. The molecule has 0 radical (unpaired) electrons. The van der Waals surface area contributed by atoms with Gasteiger partial charge in [0.2, 0.25) is 11.8 Å². The third-order valence-corrected chi connectivity index (χ3v) is 2.97. The summed E-state index contributed by atoms with van der Waals surface area (Å²) in [5, 5.41) is 0. The molecular formula is C12H14N4OS. The standard InChI is InChI=1S/C12H14N4OS/c1-8-7-11(17-2)15-12(14-8)16-18-10-5-3-9(13)4-6-10/h3-7H,13H2,1-2H3,(H,14,15,16). The number of aryl methyl sites for hydroxylation is 1. The van der Waals surface area contributed by atoms with Crippen LogP contribution in [0.2, 0.25) is 0 Å². The minimum absolute atomic E-state index is 0.522. The number of rotatable bonds is 4. The van der Waals surface area contributed by atoms with Crippen LogP contribution in [0, 0.1) is 6.92 Å². The van der Waals surface area contributed by atoms with Crippen molar-refractivity contribution in [3.63, 3.8) is 0 Å². The van der Waals surface area contributed by atoms with Gasteiger partial charge < -0.3 is 10.5 Å². The number of hydrogen-bond acceptors (Lipinski definition) is 6. The zero-order chi connectivity index (χ0) is 13.0. The van der Waals surface area contributed by atoms with Crippen LogP contribution in [0.15, 0.2) is 35.2 Å². The third kappa shape index (κ3) is 3.27. The van der Waals surface area contributed by atoms with E-state index in [1.54, 1.807) is 13.2 Å². The van der Waals surface area contributed by atoms with E-state index in [4.69, 9.17) is 10.5 Å². The van der Waals surface area contributed by atoms with Crippen LogP contribution in [0.4, 0.5) is 11.6 Å². The summed E-state index contributed by atoms with van der Waals surface area (Å²) in [6.45, 7) is 1.89. The molecule has 1 aromatic heterocycles. The van der Waals surface area contributed by atoms with Crippen molar-refractivity contribution < 1.29 is 4.74 Å². The van der Waals surface area contributed by atoms with E-state index in [1.165, 1.54) is 11.9 Å². The quantitative estimate of drug-likeness (QED) is 0.651. The van der Waals surface area contributed by atoms with Gasteiger partial charge >= 0.3 is 0 Å². The summed E-state index contributed by atoms with van der Waals surface area (Å²) < 4.78 is 8.16. The van der Waals surface area contributed by atoms with Crippen molar-refractivity contribution in [1.82, 2.24) is 9.97 Å². The number of nitrogen functional groups attached to an aromatic ring is 1. The summed E-state index contributed by atoms with van der Waals surface area (Å²) in [5.41, 5.74) is 7.21. The van der Waals surface area contributed by atoms with Gasteiger partial charge in [0.25, 0.3) is 0 Å². The van der Waals surface area contributed by atoms with Gasteiger partial charge in [0.1, 0.15) is 0 Å². The molecule has 0 amide bonds. The Morgan fingerprint density at radius 3 is 2.61 bits per heavy atom. The molecule has 1 heterocycles. The first-order valence-electron chi connectivity index (χ1n) is 5.35. The maximum atomic E-state index is 5.62. The topological polar surface area (TPSA) is 73.1 Å². The number of nitrogens with one attached hydrogen (secondary N) is 1. The minimum atomic E-state index is 0.522. The molecule has 0 saturated carbocycles. The second-order valence-corrected chi connectivity index (χ2v) is 4.53. The van der Waals surface area contributed by atoms with E-state index < -0.39 is 0 Å². The Bertz CT molecular complexity index is 530. The van der Waals surface area contributed by atoms with Gasteiger partial charge in [-0.25, -0.2) is 4.98 Å². The first kappa shape index (κ1) is 12.5. The minimum Gasteiger partial charge on any atom is -0.481 e. The van der Waals surface area contributed by atoms with Crippen LogP contribution in [-0.4, -0.2) is 17.1 Å². The Balaban J connectivity index is 2.05. The monoisotopic (exact) mass is 262 g/mol. The number of hydrogen-bond donors (Lipinski definition) is 2. The Labute approximate surface area is 110 Å². The lowest BCUT2D eigenvalue weighted by atomic mass is 10.3. The Morgan fingerprint density at radius 2 is 1.94 bits per heavy atom. The highest BCUT2D eigenvalue weighted by molar-refractivity contribution is 8.00. The average molecular weight is 262 g/mol. The van der Waals surface area contributed by atoms with Gasteiger partial charge in [0.15, 0.2) is 0 Å². The molecule has 2 rings (SSSR count). The molecular weight excluding hydrogens is 248 g/mol. The van der Waals surface area contributed by atoms with Crippen LogP contribution >= 0.6 is 11.9 Å². The Kier molecular flexibility index (Phi) is 3.88. The highest BCUT2D eigenvalue weighted by atomic mass is 32.2. The molecule has 1 aromatic carbocycles. The molecule has 0 aliphatic heterocycles. The molecule has 0 fully saturated rings. The number of aromatic nitrogens is 2. The van der Waals surface area contributed by atoms with Crippen molar-refractivity contribution in [3.05, 3.63) is 36.0 Å². The SMILES string of the molecule is COc1cc(C)nc(NSc2ccc(N)cc2)n1. The maximum absolute atomic E-state index is 5.62. The third-order valence-electron chi connectivity index (χ3n) is 2.18. The molecule has 0 aliphatic carbocycles. The van der Waals surface area contributed by atoms with Crippen LogP contribution in [0.1, 0.15) is 5.69 Å². The van der Waals surface area contributed by atoms with E-state index in [0.717, 1.165) is 16.3 Å². The Morgan fingerprint density at radius 1 is 1.22 bits per heavy atom. The second kappa shape index (κ2) is 5.59. The van der Waals surface area contributed by atoms with Crippen molar-refractivity contribution >= 4 is 23.6 Å². The molecule has 0 atom stereocenters. The van der Waals surface area contributed by atoms with E-state index in [0.29, 0.717) is 11.8 Å². The highest BCUT2D eigenvalue weighted by Crippen LogP contribution is 2.21. The number of methoxy groups -OCH3 is 1. The first-order chi connectivity index (χ1) is 8.67. The summed E-state index contributed by atoms with van der Waals surface area (Å²) in [4.78, 5) is 9.50. The summed E-state index contributed by atoms with van der Waals surface area (Å²) in [5.74, 6) is 1.07. The molecule has 0 bridgehead atoms. The first-order valence-corrected chi connectivity index (χ1v) is 6.17. The van der Waals surface area contributed by atoms with E-state index >= 15 is 0 Å². The number of nitrogens with two attached hydrogens (primary N) is 1. The van der Waals surface area contributed by atoms with Crippen molar-refractivity contribution in [2.24, 2.45) is 0 Å². The van der Waals surface area contributed by atoms with E-state index in [1.807, 2.05) is 31.2 Å². The van der Waals surface area contributed by atoms with E-state index in [9.17, 15) is 0 Å². The molecule has 0 unspecified atom stereocenters. The number of anilines is 2. The lowest BCUT2D eigenvalue weighted by molar-refractivity contribution is 0.397. The summed E-state index contributed by atoms with van der Waals surface area (Å²) in [6, 6.07) is 9.34. The largest absolute Gasteiger partial charge is 0.481 e. The highest BCUT2D eigenvalue weighted by Gasteiger charge is 2.02. The van der Waals surface area contributed by atoms with Crippen molar-refractivity contribution in [1.29, 1.82) is 0 Å². The average Bonchev–Trinajstić information content (AvgIpc) is 2.37. The fourth-order valence-electron chi connectivity index (χ4n) is 1.33. The fraction of sp³-hybridized carbons (Fsp3) is 0.167. The van der Waals surface area contributed by atoms with Crippen LogP contribution in [-0.2, 0) is 0 Å². The van der Waals surface area contributed by atoms with Crippen molar-refractivity contribution in [2.75, 3.05) is 17.6 Å². The van der Waals surface area contributed by atoms with Crippen molar-refractivity contribution in [2.45, 2.75) is 11.8 Å². The lowest BCUT2D eigenvalue weighted by Crippen LogP contribution is -1.98. The lowest BCUT2D eigenvalue weighted by Gasteiger charge is -2.06. The van der Waals surface area contributed by atoms with Gasteiger partial charge in [-0.3, -0.25) is 4.72 Å². The van der Waals surface area contributed by atoms with Gasteiger partial charge in [0, 0.05) is 22.3 Å². The predicted molar refractivity (Wildman–Crippen MR) is 73.7 cm³/mol. The zero-order valence-corrected chi connectivity index (χ0v) is 11.0. The summed E-state index contributed by atoms with van der Waals surface area (Å²) >= 11 is 1.42. The van der Waals surface area contributed by atoms with E-state index in [2.05, 4.69) is 14.7 Å². The van der Waals surface area contributed by atoms with Gasteiger partial charge in [-0.15, -0.1) is 0 Å². The van der Waals surface area contributed by atoms with E-state index in [-0.39, 0.29) is 0 Å². The van der Waals surface area contributed by atoms with Crippen molar-refractivity contribution in [3.8, 4) is 5.88 Å². The van der Waals surface area contributed by atoms with Gasteiger partial charge in [-0.1, -0.05) is 0 Å². The normalized spacial score (nSPS) is 10.1. The van der Waals surface area contributed by atoms with Gasteiger partial charge in [0.05, 0.1) is 7.11 Å². The number of benzene rings is 1. The summed E-state index contributed by atoms with van der Waals surface area (Å²) in [6.07, 6.45) is 0. The smallest absolute Gasteiger partial charge is 0.236 e. The molecule has 0 saturated heterocycles.